The number of nitrogens with zero attached hydrogens (tertiary/aromatic N) is 1. The van der Waals surface area contributed by atoms with Crippen molar-refractivity contribution in [3.63, 3.8) is 0 Å². The van der Waals surface area contributed by atoms with Crippen molar-refractivity contribution in [1.29, 1.82) is 5.26 Å². The first kappa shape index (κ1) is 15.4. The standard InChI is InChI=1S/C16H22N2O/c1-11(2)16(19)15(18-12(3)4)9-13-5-7-14(10-17)8-6-13/h5-8,11-12,15,18H,9H2,1-4H3/t15-/m0/s1. The van der Waals surface area contributed by atoms with E-state index >= 15 is 0 Å². The predicted molar refractivity (Wildman–Crippen MR) is 76.8 cm³/mol. The summed E-state index contributed by atoms with van der Waals surface area (Å²) in [5.74, 6) is 0.257. The van der Waals surface area contributed by atoms with Gasteiger partial charge in [0.25, 0.3) is 0 Å². The van der Waals surface area contributed by atoms with Crippen molar-refractivity contribution in [2.45, 2.75) is 46.2 Å². The topological polar surface area (TPSA) is 52.9 Å². The summed E-state index contributed by atoms with van der Waals surface area (Å²) in [4.78, 5) is 12.2. The van der Waals surface area contributed by atoms with Crippen LogP contribution in [0.25, 0.3) is 0 Å². The molecule has 1 aromatic rings. The maximum absolute atomic E-state index is 12.2. The van der Waals surface area contributed by atoms with Gasteiger partial charge in [-0.2, -0.15) is 5.26 Å². The van der Waals surface area contributed by atoms with Gasteiger partial charge in [-0.1, -0.05) is 39.8 Å². The largest absolute Gasteiger partial charge is 0.305 e. The molecule has 1 rings (SSSR count). The maximum atomic E-state index is 12.2. The third kappa shape index (κ3) is 4.84. The molecule has 19 heavy (non-hydrogen) atoms. The van der Waals surface area contributed by atoms with Crippen molar-refractivity contribution in [3.8, 4) is 6.07 Å². The van der Waals surface area contributed by atoms with E-state index in [1.165, 1.54) is 0 Å². The molecule has 3 nitrogen and oxygen atoms in total. The van der Waals surface area contributed by atoms with Gasteiger partial charge in [0.15, 0.2) is 5.78 Å². The van der Waals surface area contributed by atoms with Crippen molar-refractivity contribution in [2.24, 2.45) is 5.92 Å². The van der Waals surface area contributed by atoms with Crippen LogP contribution in [0.1, 0.15) is 38.8 Å². The molecule has 3 heteroatoms. The van der Waals surface area contributed by atoms with Crippen molar-refractivity contribution in [3.05, 3.63) is 35.4 Å². The van der Waals surface area contributed by atoms with Gasteiger partial charge in [0.1, 0.15) is 0 Å². The maximum Gasteiger partial charge on any atom is 0.152 e. The highest BCUT2D eigenvalue weighted by Gasteiger charge is 2.21. The third-order valence-electron chi connectivity index (χ3n) is 2.97. The van der Waals surface area contributed by atoms with Crippen LogP contribution in [0, 0.1) is 17.2 Å². The summed E-state index contributed by atoms with van der Waals surface area (Å²) in [7, 11) is 0. The van der Waals surface area contributed by atoms with E-state index in [4.69, 9.17) is 5.26 Å². The number of hydrogen-bond acceptors (Lipinski definition) is 3. The number of rotatable bonds is 6. The molecule has 0 fully saturated rings. The van der Waals surface area contributed by atoms with Crippen LogP contribution in [-0.4, -0.2) is 17.9 Å². The Morgan fingerprint density at radius 2 is 1.79 bits per heavy atom. The van der Waals surface area contributed by atoms with Crippen LogP contribution >= 0.6 is 0 Å². The monoisotopic (exact) mass is 258 g/mol. The average Bonchev–Trinajstić information content (AvgIpc) is 2.37. The van der Waals surface area contributed by atoms with Gasteiger partial charge in [-0.15, -0.1) is 0 Å². The zero-order chi connectivity index (χ0) is 14.4. The van der Waals surface area contributed by atoms with Gasteiger partial charge in [0.05, 0.1) is 17.7 Å². The molecule has 0 heterocycles. The van der Waals surface area contributed by atoms with Crippen LogP contribution < -0.4 is 5.32 Å². The molecule has 1 atom stereocenters. The van der Waals surface area contributed by atoms with E-state index < -0.39 is 0 Å². The fourth-order valence-electron chi connectivity index (χ4n) is 2.00. The van der Waals surface area contributed by atoms with Gasteiger partial charge in [-0.05, 0) is 24.1 Å². The van der Waals surface area contributed by atoms with E-state index in [9.17, 15) is 4.79 Å². The highest BCUT2D eigenvalue weighted by atomic mass is 16.1. The molecule has 0 unspecified atom stereocenters. The van der Waals surface area contributed by atoms with Crippen LogP contribution in [0.3, 0.4) is 0 Å². The molecule has 0 radical (unpaired) electrons. The second-order valence-corrected chi connectivity index (χ2v) is 5.44. The number of benzene rings is 1. The highest BCUT2D eigenvalue weighted by Crippen LogP contribution is 2.10. The first-order chi connectivity index (χ1) is 8.93. The number of carbonyl (C=O) groups is 1. The van der Waals surface area contributed by atoms with Gasteiger partial charge < -0.3 is 5.32 Å². The molecule has 102 valence electrons. The second kappa shape index (κ2) is 7.06. The van der Waals surface area contributed by atoms with Crippen LogP contribution in [0.15, 0.2) is 24.3 Å². The molecular weight excluding hydrogens is 236 g/mol. The SMILES string of the molecule is CC(C)N[C@@H](Cc1ccc(C#N)cc1)C(=O)C(C)C. The first-order valence-corrected chi connectivity index (χ1v) is 6.73. The molecule has 0 aliphatic rings. The lowest BCUT2D eigenvalue weighted by molar-refractivity contribution is -0.124. The Labute approximate surface area is 115 Å². The fourth-order valence-corrected chi connectivity index (χ4v) is 2.00. The molecule has 0 aliphatic heterocycles. The Kier molecular flexibility index (Phi) is 5.72. The van der Waals surface area contributed by atoms with Gasteiger partial charge in [0.2, 0.25) is 0 Å². The van der Waals surface area contributed by atoms with Crippen molar-refractivity contribution < 1.29 is 4.79 Å². The predicted octanol–water partition coefficient (Wildman–Crippen LogP) is 2.69. The van der Waals surface area contributed by atoms with Crippen LogP contribution in [-0.2, 0) is 11.2 Å². The Hall–Kier alpha value is -1.66. The minimum atomic E-state index is -0.159. The average molecular weight is 258 g/mol. The molecule has 0 saturated carbocycles. The third-order valence-corrected chi connectivity index (χ3v) is 2.97. The van der Waals surface area contributed by atoms with E-state index in [0.717, 1.165) is 5.56 Å². The molecule has 1 N–H and O–H groups in total. The van der Waals surface area contributed by atoms with Gasteiger partial charge in [-0.3, -0.25) is 4.79 Å². The lowest BCUT2D eigenvalue weighted by Gasteiger charge is -2.22. The fraction of sp³-hybridized carbons (Fsp3) is 0.500. The summed E-state index contributed by atoms with van der Waals surface area (Å²) in [5, 5.41) is 12.1. The minimum absolute atomic E-state index is 0.0228. The summed E-state index contributed by atoms with van der Waals surface area (Å²) in [6, 6.07) is 9.63. The Bertz CT molecular complexity index is 455. The summed E-state index contributed by atoms with van der Waals surface area (Å²) < 4.78 is 0. The summed E-state index contributed by atoms with van der Waals surface area (Å²) >= 11 is 0. The number of carbonyl (C=O) groups excluding carboxylic acids is 1. The van der Waals surface area contributed by atoms with Crippen LogP contribution in [0.5, 0.6) is 0 Å². The molecule has 0 saturated heterocycles. The summed E-state index contributed by atoms with van der Waals surface area (Å²) in [6.07, 6.45) is 0.668. The van der Waals surface area contributed by atoms with Crippen molar-refractivity contribution >= 4 is 5.78 Å². The zero-order valence-corrected chi connectivity index (χ0v) is 12.1. The van der Waals surface area contributed by atoms with Crippen LogP contribution in [0.2, 0.25) is 0 Å². The van der Waals surface area contributed by atoms with E-state index in [1.54, 1.807) is 12.1 Å². The van der Waals surface area contributed by atoms with Gasteiger partial charge >= 0.3 is 0 Å². The lowest BCUT2D eigenvalue weighted by atomic mass is 9.95. The molecule has 0 aromatic heterocycles. The Morgan fingerprint density at radius 3 is 2.21 bits per heavy atom. The lowest BCUT2D eigenvalue weighted by Crippen LogP contribution is -2.44. The summed E-state index contributed by atoms with van der Waals surface area (Å²) in [6.45, 7) is 7.94. The summed E-state index contributed by atoms with van der Waals surface area (Å²) in [5.41, 5.74) is 1.72. The second-order valence-electron chi connectivity index (χ2n) is 5.44. The highest BCUT2D eigenvalue weighted by molar-refractivity contribution is 5.86. The minimum Gasteiger partial charge on any atom is -0.305 e. The van der Waals surface area contributed by atoms with Crippen LogP contribution in [0.4, 0.5) is 0 Å². The first-order valence-electron chi connectivity index (χ1n) is 6.73. The van der Waals surface area contributed by atoms with E-state index in [-0.39, 0.29) is 23.8 Å². The number of nitriles is 1. The van der Waals surface area contributed by atoms with E-state index in [1.807, 2.05) is 39.8 Å². The van der Waals surface area contributed by atoms with Gasteiger partial charge in [-0.25, -0.2) is 0 Å². The molecular formula is C16H22N2O. The zero-order valence-electron chi connectivity index (χ0n) is 12.1. The number of nitrogens with one attached hydrogen (secondary N) is 1. The molecule has 0 spiro atoms. The molecule has 0 aliphatic carbocycles. The Balaban J connectivity index is 2.81. The Morgan fingerprint density at radius 1 is 1.21 bits per heavy atom. The van der Waals surface area contributed by atoms with E-state index in [2.05, 4.69) is 11.4 Å². The van der Waals surface area contributed by atoms with Gasteiger partial charge in [0, 0.05) is 12.0 Å². The van der Waals surface area contributed by atoms with E-state index in [0.29, 0.717) is 12.0 Å². The van der Waals surface area contributed by atoms with Crippen molar-refractivity contribution in [1.82, 2.24) is 5.32 Å². The number of hydrogen-bond donors (Lipinski definition) is 1. The molecule has 0 bridgehead atoms. The van der Waals surface area contributed by atoms with Crippen molar-refractivity contribution in [2.75, 3.05) is 0 Å². The number of Topliss-reactive ketones (excluding diaryl/α,β-unsaturated/α-hetero) is 1. The quantitative estimate of drug-likeness (QED) is 0.853. The smallest absolute Gasteiger partial charge is 0.152 e. The molecule has 1 aromatic carbocycles. The normalized spacial score (nSPS) is 12.5. The molecule has 0 amide bonds. The number of ketones is 1.